The van der Waals surface area contributed by atoms with Gasteiger partial charge in [-0.1, -0.05) is 41.4 Å². The first-order valence-corrected chi connectivity index (χ1v) is 9.73. The fourth-order valence-electron chi connectivity index (χ4n) is 3.42. The van der Waals surface area contributed by atoms with Gasteiger partial charge in [-0.25, -0.2) is 0 Å². The number of amides is 2. The van der Waals surface area contributed by atoms with Gasteiger partial charge in [0.2, 0.25) is 5.91 Å². The summed E-state index contributed by atoms with van der Waals surface area (Å²) in [5.41, 5.74) is 2.88. The van der Waals surface area contributed by atoms with Crippen molar-refractivity contribution < 1.29 is 9.59 Å². The normalized spacial score (nSPS) is 18.0. The summed E-state index contributed by atoms with van der Waals surface area (Å²) in [6, 6.07) is 15.0. The Balaban J connectivity index is 1.61. The number of hydrogen-bond acceptors (Lipinski definition) is 2. The van der Waals surface area contributed by atoms with E-state index in [1.165, 1.54) is 5.56 Å². The van der Waals surface area contributed by atoms with Crippen molar-refractivity contribution in [1.29, 1.82) is 0 Å². The Bertz CT molecular complexity index is 802. The number of rotatable bonds is 4. The average Bonchev–Trinajstić information content (AvgIpc) is 2.68. The number of likely N-dealkylation sites (tertiary alicyclic amines) is 1. The molecule has 0 radical (unpaired) electrons. The topological polar surface area (TPSA) is 49.4 Å². The van der Waals surface area contributed by atoms with E-state index < -0.39 is 0 Å². The molecular formula is C22H25ClN2O2. The molecule has 2 atom stereocenters. The summed E-state index contributed by atoms with van der Waals surface area (Å²) in [5, 5.41) is 3.70. The lowest BCUT2D eigenvalue weighted by Gasteiger charge is -2.32. The van der Waals surface area contributed by atoms with Crippen LogP contribution in [0.25, 0.3) is 0 Å². The number of nitrogens with one attached hydrogen (secondary N) is 1. The van der Waals surface area contributed by atoms with E-state index in [0.29, 0.717) is 23.7 Å². The number of carbonyl (C=O) groups is 2. The zero-order valence-electron chi connectivity index (χ0n) is 15.7. The Hall–Kier alpha value is -2.33. The molecule has 1 aliphatic heterocycles. The molecule has 27 heavy (non-hydrogen) atoms. The molecule has 0 saturated carbocycles. The molecule has 2 amide bonds. The van der Waals surface area contributed by atoms with Crippen molar-refractivity contribution in [3.63, 3.8) is 0 Å². The largest absolute Gasteiger partial charge is 0.349 e. The number of nitrogens with zero attached hydrogens (tertiary/aromatic N) is 1. The SMILES string of the molecule is Cc1ccc(C(C)NC(=O)C2CCCN(C(=O)c3ccc(Cl)cc3)C2)cc1. The molecule has 3 rings (SSSR count). The summed E-state index contributed by atoms with van der Waals surface area (Å²) in [6.45, 7) is 5.16. The third-order valence-electron chi connectivity index (χ3n) is 5.11. The van der Waals surface area contributed by atoms with Gasteiger partial charge in [0.15, 0.2) is 0 Å². The van der Waals surface area contributed by atoms with Crippen LogP contribution in [0, 0.1) is 12.8 Å². The molecule has 1 aliphatic rings. The molecule has 0 bridgehead atoms. The Kier molecular flexibility index (Phi) is 6.17. The highest BCUT2D eigenvalue weighted by Crippen LogP contribution is 2.21. The van der Waals surface area contributed by atoms with Crippen LogP contribution in [0.3, 0.4) is 0 Å². The predicted molar refractivity (Wildman–Crippen MR) is 108 cm³/mol. The van der Waals surface area contributed by atoms with Crippen molar-refractivity contribution in [2.24, 2.45) is 5.92 Å². The van der Waals surface area contributed by atoms with Crippen molar-refractivity contribution in [3.05, 3.63) is 70.2 Å². The lowest BCUT2D eigenvalue weighted by molar-refractivity contribution is -0.127. The number of piperidine rings is 1. The van der Waals surface area contributed by atoms with Gasteiger partial charge in [-0.05, 0) is 56.5 Å². The summed E-state index contributed by atoms with van der Waals surface area (Å²) in [5.74, 6) is -0.213. The fourth-order valence-corrected chi connectivity index (χ4v) is 3.55. The maximum atomic E-state index is 12.7. The van der Waals surface area contributed by atoms with Gasteiger partial charge in [0.1, 0.15) is 0 Å². The van der Waals surface area contributed by atoms with Crippen LogP contribution >= 0.6 is 11.6 Å². The molecule has 4 nitrogen and oxygen atoms in total. The smallest absolute Gasteiger partial charge is 0.253 e. The fraction of sp³-hybridized carbons (Fsp3) is 0.364. The van der Waals surface area contributed by atoms with Crippen molar-refractivity contribution >= 4 is 23.4 Å². The molecular weight excluding hydrogens is 360 g/mol. The van der Waals surface area contributed by atoms with E-state index in [4.69, 9.17) is 11.6 Å². The van der Waals surface area contributed by atoms with Crippen molar-refractivity contribution in [3.8, 4) is 0 Å². The minimum absolute atomic E-state index is 0.0108. The highest BCUT2D eigenvalue weighted by atomic mass is 35.5. The van der Waals surface area contributed by atoms with Gasteiger partial charge in [0.25, 0.3) is 5.91 Å². The van der Waals surface area contributed by atoms with E-state index >= 15 is 0 Å². The minimum Gasteiger partial charge on any atom is -0.349 e. The number of carbonyl (C=O) groups excluding carboxylic acids is 2. The van der Waals surface area contributed by atoms with Crippen LogP contribution in [0.5, 0.6) is 0 Å². The van der Waals surface area contributed by atoms with Gasteiger partial charge < -0.3 is 10.2 Å². The number of benzene rings is 2. The van der Waals surface area contributed by atoms with Crippen LogP contribution in [-0.4, -0.2) is 29.8 Å². The van der Waals surface area contributed by atoms with Crippen LogP contribution in [0.4, 0.5) is 0 Å². The molecule has 1 fully saturated rings. The molecule has 0 aromatic heterocycles. The van der Waals surface area contributed by atoms with Crippen LogP contribution < -0.4 is 5.32 Å². The van der Waals surface area contributed by atoms with Gasteiger partial charge in [-0.2, -0.15) is 0 Å². The maximum absolute atomic E-state index is 12.7. The zero-order valence-corrected chi connectivity index (χ0v) is 16.5. The first-order chi connectivity index (χ1) is 12.9. The third kappa shape index (κ3) is 4.89. The second-order valence-corrected chi connectivity index (χ2v) is 7.67. The number of halogens is 1. The van der Waals surface area contributed by atoms with Crippen molar-refractivity contribution in [2.75, 3.05) is 13.1 Å². The summed E-state index contributed by atoms with van der Waals surface area (Å²) in [4.78, 5) is 27.2. The molecule has 2 aromatic carbocycles. The van der Waals surface area contributed by atoms with Crippen LogP contribution in [-0.2, 0) is 4.79 Å². The second-order valence-electron chi connectivity index (χ2n) is 7.24. The average molecular weight is 385 g/mol. The summed E-state index contributed by atoms with van der Waals surface area (Å²) in [7, 11) is 0. The standard InChI is InChI=1S/C22H25ClN2O2/c1-15-5-7-17(8-6-15)16(2)24-21(26)19-4-3-13-25(14-19)22(27)18-9-11-20(23)12-10-18/h5-12,16,19H,3-4,13-14H2,1-2H3,(H,24,26). The summed E-state index contributed by atoms with van der Waals surface area (Å²) < 4.78 is 0. The number of hydrogen-bond donors (Lipinski definition) is 1. The van der Waals surface area contributed by atoms with Crippen LogP contribution in [0.15, 0.2) is 48.5 Å². The van der Waals surface area contributed by atoms with Crippen molar-refractivity contribution in [2.45, 2.75) is 32.7 Å². The van der Waals surface area contributed by atoms with E-state index in [9.17, 15) is 9.59 Å². The van der Waals surface area contributed by atoms with E-state index in [1.807, 2.05) is 38.1 Å². The highest BCUT2D eigenvalue weighted by molar-refractivity contribution is 6.30. The van der Waals surface area contributed by atoms with Crippen molar-refractivity contribution in [1.82, 2.24) is 10.2 Å². The summed E-state index contributed by atoms with van der Waals surface area (Å²) >= 11 is 5.90. The quantitative estimate of drug-likeness (QED) is 0.850. The first kappa shape index (κ1) is 19.4. The Labute approximate surface area is 165 Å². The molecule has 1 saturated heterocycles. The monoisotopic (exact) mass is 384 g/mol. The lowest BCUT2D eigenvalue weighted by atomic mass is 9.95. The van der Waals surface area contributed by atoms with Gasteiger partial charge in [-0.15, -0.1) is 0 Å². The van der Waals surface area contributed by atoms with Gasteiger partial charge >= 0.3 is 0 Å². The highest BCUT2D eigenvalue weighted by Gasteiger charge is 2.29. The molecule has 0 aliphatic carbocycles. The second kappa shape index (κ2) is 8.57. The molecule has 2 aromatic rings. The molecule has 142 valence electrons. The molecule has 1 N–H and O–H groups in total. The zero-order chi connectivity index (χ0) is 19.4. The molecule has 5 heteroatoms. The van der Waals surface area contributed by atoms with E-state index in [1.54, 1.807) is 29.2 Å². The van der Waals surface area contributed by atoms with Gasteiger partial charge in [0.05, 0.1) is 12.0 Å². The van der Waals surface area contributed by atoms with E-state index in [0.717, 1.165) is 18.4 Å². The number of aryl methyl sites for hydroxylation is 1. The minimum atomic E-state index is -0.178. The molecule has 0 spiro atoms. The van der Waals surface area contributed by atoms with E-state index in [-0.39, 0.29) is 23.8 Å². The third-order valence-corrected chi connectivity index (χ3v) is 5.36. The van der Waals surface area contributed by atoms with Gasteiger partial charge in [0, 0.05) is 23.7 Å². The Morgan fingerprint density at radius 1 is 1.11 bits per heavy atom. The summed E-state index contributed by atoms with van der Waals surface area (Å²) in [6.07, 6.45) is 1.63. The molecule has 1 heterocycles. The first-order valence-electron chi connectivity index (χ1n) is 9.36. The van der Waals surface area contributed by atoms with E-state index in [2.05, 4.69) is 5.32 Å². The molecule has 2 unspecified atom stereocenters. The predicted octanol–water partition coefficient (Wildman–Crippen LogP) is 4.38. The lowest BCUT2D eigenvalue weighted by Crippen LogP contribution is -2.45. The maximum Gasteiger partial charge on any atom is 0.253 e. The Morgan fingerprint density at radius 2 is 1.78 bits per heavy atom. The Morgan fingerprint density at radius 3 is 2.44 bits per heavy atom. The van der Waals surface area contributed by atoms with Crippen LogP contribution in [0.1, 0.15) is 47.3 Å². The van der Waals surface area contributed by atoms with Crippen LogP contribution in [0.2, 0.25) is 5.02 Å². The van der Waals surface area contributed by atoms with Gasteiger partial charge in [-0.3, -0.25) is 9.59 Å².